The highest BCUT2D eigenvalue weighted by Gasteiger charge is 2.26. The molecule has 9 nitrogen and oxygen atoms in total. The van der Waals surface area contributed by atoms with Gasteiger partial charge in [-0.05, 0) is 47.9 Å². The number of H-pyrrole nitrogens is 1. The van der Waals surface area contributed by atoms with E-state index in [1.54, 1.807) is 35.5 Å². The Morgan fingerprint density at radius 2 is 1.82 bits per heavy atom. The summed E-state index contributed by atoms with van der Waals surface area (Å²) in [5.41, 5.74) is 6.24. The van der Waals surface area contributed by atoms with Gasteiger partial charge in [0.2, 0.25) is 5.91 Å². The Morgan fingerprint density at radius 3 is 2.60 bits per heavy atom. The number of rotatable bonds is 6. The maximum Gasteiger partial charge on any atom is 0.337 e. The fourth-order valence-corrected chi connectivity index (χ4v) is 5.07. The van der Waals surface area contributed by atoms with Crippen LogP contribution in [0.3, 0.4) is 0 Å². The van der Waals surface area contributed by atoms with E-state index in [1.807, 2.05) is 48.5 Å². The molecule has 9 heteroatoms. The lowest BCUT2D eigenvalue weighted by molar-refractivity contribution is -0.117. The van der Waals surface area contributed by atoms with Crippen molar-refractivity contribution < 1.29 is 19.4 Å². The van der Waals surface area contributed by atoms with Crippen LogP contribution in [0.5, 0.6) is 5.88 Å². The van der Waals surface area contributed by atoms with Crippen LogP contribution in [-0.4, -0.2) is 51.3 Å². The normalized spacial score (nSPS) is 12.9. The summed E-state index contributed by atoms with van der Waals surface area (Å²) in [5.74, 6) is -0.524. The predicted octanol–water partition coefficient (Wildman–Crippen LogP) is 4.75. The molecule has 5 aromatic rings. The zero-order valence-electron chi connectivity index (χ0n) is 21.7. The van der Waals surface area contributed by atoms with Gasteiger partial charge in [0.25, 0.3) is 0 Å². The Morgan fingerprint density at radius 1 is 1.02 bits per heavy atom. The van der Waals surface area contributed by atoms with E-state index in [0.717, 1.165) is 27.8 Å². The first-order valence-corrected chi connectivity index (χ1v) is 12.8. The average Bonchev–Trinajstić information content (AvgIpc) is 3.56. The van der Waals surface area contributed by atoms with E-state index in [4.69, 9.17) is 9.73 Å². The fraction of sp³-hybridized carbons (Fsp3) is 0.129. The largest absolute Gasteiger partial charge is 0.494 e. The number of hydrogen-bond acceptors (Lipinski definition) is 7. The molecule has 0 saturated carbocycles. The van der Waals surface area contributed by atoms with Crippen LogP contribution >= 0.6 is 0 Å². The number of carbonyl (C=O) groups is 2. The molecule has 0 fully saturated rings. The highest BCUT2D eigenvalue weighted by Crippen LogP contribution is 2.35. The van der Waals surface area contributed by atoms with Crippen LogP contribution in [0.15, 0.2) is 90.4 Å². The third-order valence-electron chi connectivity index (χ3n) is 6.95. The van der Waals surface area contributed by atoms with Crippen molar-refractivity contribution in [2.45, 2.75) is 12.8 Å². The van der Waals surface area contributed by atoms with Crippen LogP contribution in [0.25, 0.3) is 10.9 Å². The number of aromatic nitrogens is 3. The summed E-state index contributed by atoms with van der Waals surface area (Å²) < 4.78 is 4.84. The number of methoxy groups -OCH3 is 1. The van der Waals surface area contributed by atoms with E-state index in [9.17, 15) is 14.7 Å². The van der Waals surface area contributed by atoms with Crippen LogP contribution < -0.4 is 4.90 Å². The van der Waals surface area contributed by atoms with Gasteiger partial charge in [-0.25, -0.2) is 19.8 Å². The lowest BCUT2D eigenvalue weighted by Gasteiger charge is -2.17. The second-order valence-corrected chi connectivity index (χ2v) is 9.46. The first kappa shape index (κ1) is 25.0. The lowest BCUT2D eigenvalue weighted by atomic mass is 10.00. The summed E-state index contributed by atoms with van der Waals surface area (Å²) in [6.45, 7) is 0.590. The van der Waals surface area contributed by atoms with Gasteiger partial charge in [0.1, 0.15) is 6.33 Å². The van der Waals surface area contributed by atoms with Crippen molar-refractivity contribution in [3.05, 3.63) is 113 Å². The van der Waals surface area contributed by atoms with Crippen molar-refractivity contribution in [2.75, 3.05) is 18.6 Å². The molecule has 0 spiro atoms. The zero-order valence-corrected chi connectivity index (χ0v) is 21.7. The number of nitrogens with one attached hydrogen (secondary N) is 1. The molecule has 1 aliphatic heterocycles. The van der Waals surface area contributed by atoms with Crippen molar-refractivity contribution in [3.8, 4) is 5.88 Å². The number of aromatic amines is 1. The molecule has 0 radical (unpaired) electrons. The monoisotopic (exact) mass is 531 g/mol. The molecule has 40 heavy (non-hydrogen) atoms. The van der Waals surface area contributed by atoms with Crippen LogP contribution in [0.1, 0.15) is 32.6 Å². The van der Waals surface area contributed by atoms with E-state index >= 15 is 0 Å². The van der Waals surface area contributed by atoms with Crippen LogP contribution in [0, 0.1) is 0 Å². The van der Waals surface area contributed by atoms with E-state index < -0.39 is 5.97 Å². The average molecular weight is 532 g/mol. The second kappa shape index (κ2) is 10.5. The standard InChI is InChI=1S/C31H25N5O4/c1-40-31(39)22-7-9-24-25(15-22)35-30(38)28(24)29(20-5-3-2-4-6-20)34-23-8-10-26-21(14-23)11-12-36(26)27(37)13-19-16-32-18-33-17-19/h2-10,14-18,35,38H,11-13H2,1H3. The Kier molecular flexibility index (Phi) is 6.53. The van der Waals surface area contributed by atoms with Gasteiger partial charge in [0.05, 0.1) is 36.1 Å². The Balaban J connectivity index is 1.38. The van der Waals surface area contributed by atoms with E-state index in [2.05, 4.69) is 15.0 Å². The SMILES string of the molecule is COC(=O)c1ccc2c(C(=Nc3ccc4c(c3)CCN4C(=O)Cc3cncnc3)c3ccccc3)c(O)[nH]c2c1. The van der Waals surface area contributed by atoms with Crippen molar-refractivity contribution in [1.29, 1.82) is 0 Å². The molecule has 0 aliphatic carbocycles. The molecule has 1 aliphatic rings. The molecule has 198 valence electrons. The summed E-state index contributed by atoms with van der Waals surface area (Å²) >= 11 is 0. The van der Waals surface area contributed by atoms with Crippen molar-refractivity contribution in [2.24, 2.45) is 4.99 Å². The molecule has 0 bridgehead atoms. The Bertz CT molecular complexity index is 1760. The Labute approximate surface area is 229 Å². The molecule has 6 rings (SSSR count). The van der Waals surface area contributed by atoms with Gasteiger partial charge < -0.3 is 19.7 Å². The molecule has 0 saturated heterocycles. The van der Waals surface area contributed by atoms with Crippen LogP contribution in [-0.2, 0) is 22.4 Å². The van der Waals surface area contributed by atoms with Gasteiger partial charge in [0.15, 0.2) is 5.88 Å². The maximum atomic E-state index is 13.0. The van der Waals surface area contributed by atoms with E-state index in [1.165, 1.54) is 13.4 Å². The third kappa shape index (κ3) is 4.69. The van der Waals surface area contributed by atoms with E-state index in [-0.39, 0.29) is 18.2 Å². The fourth-order valence-electron chi connectivity index (χ4n) is 5.07. The highest BCUT2D eigenvalue weighted by molar-refractivity contribution is 6.22. The number of fused-ring (bicyclic) bond motifs is 2. The molecule has 3 heterocycles. The van der Waals surface area contributed by atoms with Crippen molar-refractivity contribution in [1.82, 2.24) is 15.0 Å². The van der Waals surface area contributed by atoms with Gasteiger partial charge >= 0.3 is 5.97 Å². The first-order chi connectivity index (χ1) is 19.5. The number of hydrogen-bond donors (Lipinski definition) is 2. The third-order valence-corrected chi connectivity index (χ3v) is 6.95. The molecular weight excluding hydrogens is 506 g/mol. The second-order valence-electron chi connectivity index (χ2n) is 9.46. The minimum atomic E-state index is -0.461. The molecule has 1 amide bonds. The number of anilines is 1. The molecule has 2 aromatic heterocycles. The van der Waals surface area contributed by atoms with Gasteiger partial charge in [-0.1, -0.05) is 36.4 Å². The minimum Gasteiger partial charge on any atom is -0.494 e. The summed E-state index contributed by atoms with van der Waals surface area (Å²) in [6, 6.07) is 20.5. The van der Waals surface area contributed by atoms with Gasteiger partial charge in [-0.15, -0.1) is 0 Å². The summed E-state index contributed by atoms with van der Waals surface area (Å²) in [7, 11) is 1.33. The topological polar surface area (TPSA) is 121 Å². The van der Waals surface area contributed by atoms with Crippen LogP contribution in [0.2, 0.25) is 0 Å². The number of aromatic hydroxyl groups is 1. The number of ether oxygens (including phenoxy) is 1. The van der Waals surface area contributed by atoms with E-state index in [0.29, 0.717) is 41.0 Å². The molecular formula is C31H25N5O4. The number of amides is 1. The minimum absolute atomic E-state index is 0.00943. The van der Waals surface area contributed by atoms with Crippen molar-refractivity contribution >= 4 is 39.9 Å². The van der Waals surface area contributed by atoms with Crippen LogP contribution in [0.4, 0.5) is 11.4 Å². The molecule has 0 unspecified atom stereocenters. The van der Waals surface area contributed by atoms with Crippen molar-refractivity contribution in [3.63, 3.8) is 0 Å². The number of esters is 1. The number of aliphatic imine (C=N–C) groups is 1. The number of carbonyl (C=O) groups excluding carboxylic acids is 2. The molecule has 0 atom stereocenters. The van der Waals surface area contributed by atoms with Gasteiger partial charge in [0, 0.05) is 41.1 Å². The molecule has 3 aromatic carbocycles. The smallest absolute Gasteiger partial charge is 0.337 e. The Hall–Kier alpha value is -5.31. The maximum absolute atomic E-state index is 13.0. The lowest BCUT2D eigenvalue weighted by Crippen LogP contribution is -2.30. The summed E-state index contributed by atoms with van der Waals surface area (Å²) in [6.07, 6.45) is 5.70. The summed E-state index contributed by atoms with van der Waals surface area (Å²) in [5, 5.41) is 11.7. The van der Waals surface area contributed by atoms with Gasteiger partial charge in [-0.3, -0.25) is 4.79 Å². The quantitative estimate of drug-likeness (QED) is 0.241. The van der Waals surface area contributed by atoms with Gasteiger partial charge in [-0.2, -0.15) is 0 Å². The zero-order chi connectivity index (χ0) is 27.6. The number of nitrogens with zero attached hydrogens (tertiary/aromatic N) is 4. The summed E-state index contributed by atoms with van der Waals surface area (Å²) in [4.78, 5) is 42.8. The molecule has 2 N–H and O–H groups in total. The predicted molar refractivity (Wildman–Crippen MR) is 151 cm³/mol. The first-order valence-electron chi connectivity index (χ1n) is 12.8. The number of benzene rings is 3. The highest BCUT2D eigenvalue weighted by atomic mass is 16.5.